The Morgan fingerprint density at radius 2 is 1.47 bits per heavy atom. The maximum Gasteiger partial charge on any atom is 0.259 e. The number of para-hydroxylation sites is 1. The molecule has 0 aliphatic carbocycles. The molecule has 4 rings (SSSR count). The molecule has 0 aliphatic rings. The van der Waals surface area contributed by atoms with Gasteiger partial charge >= 0.3 is 0 Å². The van der Waals surface area contributed by atoms with Gasteiger partial charge in [-0.3, -0.25) is 9.59 Å². The first kappa shape index (κ1) is 21.0. The number of amides is 2. The smallest absolute Gasteiger partial charge is 0.259 e. The third-order valence-electron chi connectivity index (χ3n) is 5.01. The largest absolute Gasteiger partial charge is 0.345 e. The molecule has 2 N–H and O–H groups in total. The lowest BCUT2D eigenvalue weighted by Crippen LogP contribution is -2.28. The molecule has 1 aromatic heterocycles. The molecule has 32 heavy (non-hydrogen) atoms. The molecule has 0 spiro atoms. The number of nitrogens with zero attached hydrogens (tertiary/aromatic N) is 2. The van der Waals surface area contributed by atoms with E-state index in [0.29, 0.717) is 5.69 Å². The van der Waals surface area contributed by atoms with Crippen LogP contribution in [0.25, 0.3) is 5.69 Å². The van der Waals surface area contributed by atoms with E-state index in [1.165, 1.54) is 29.1 Å². The van der Waals surface area contributed by atoms with Gasteiger partial charge in [0.15, 0.2) is 0 Å². The van der Waals surface area contributed by atoms with E-state index in [2.05, 4.69) is 15.7 Å². The molecule has 2 amide bonds. The second-order valence-corrected chi connectivity index (χ2v) is 7.19. The molecule has 0 radical (unpaired) electrons. The van der Waals surface area contributed by atoms with E-state index in [1.807, 2.05) is 55.5 Å². The highest BCUT2D eigenvalue weighted by Crippen LogP contribution is 2.23. The summed E-state index contributed by atoms with van der Waals surface area (Å²) in [5.74, 6) is -1.58. The zero-order valence-corrected chi connectivity index (χ0v) is 17.3. The molecule has 6 nitrogen and oxygen atoms in total. The molecular weight excluding hydrogens is 407 g/mol. The predicted molar refractivity (Wildman–Crippen MR) is 120 cm³/mol. The Labute approximate surface area is 184 Å². The lowest BCUT2D eigenvalue weighted by molar-refractivity contribution is 0.0941. The van der Waals surface area contributed by atoms with E-state index >= 15 is 0 Å². The Hall–Kier alpha value is -4.26. The number of aromatic nitrogens is 2. The number of carbonyl (C=O) groups is 2. The molecule has 7 heteroatoms. The second-order valence-electron chi connectivity index (χ2n) is 7.19. The fourth-order valence-electron chi connectivity index (χ4n) is 3.32. The molecule has 0 saturated heterocycles. The number of hydrogen-bond donors (Lipinski definition) is 2. The number of halogens is 1. The summed E-state index contributed by atoms with van der Waals surface area (Å²) >= 11 is 0. The predicted octanol–water partition coefficient (Wildman–Crippen LogP) is 4.75. The number of benzene rings is 3. The summed E-state index contributed by atoms with van der Waals surface area (Å²) in [7, 11) is 0. The first-order chi connectivity index (χ1) is 15.5. The molecule has 3 aromatic carbocycles. The highest BCUT2D eigenvalue weighted by atomic mass is 19.1. The van der Waals surface area contributed by atoms with Crippen molar-refractivity contribution in [1.82, 2.24) is 15.1 Å². The Balaban J connectivity index is 1.68. The SMILES string of the molecule is CC(NC(=O)c1cnn(-c2ccccc2)c1NC(=O)c1ccccc1F)c1ccccc1. The lowest BCUT2D eigenvalue weighted by Gasteiger charge is -2.15. The van der Waals surface area contributed by atoms with Crippen molar-refractivity contribution in [1.29, 1.82) is 0 Å². The molecule has 1 heterocycles. The van der Waals surface area contributed by atoms with Crippen molar-refractivity contribution in [3.05, 3.63) is 114 Å². The van der Waals surface area contributed by atoms with E-state index in [-0.39, 0.29) is 23.0 Å². The second kappa shape index (κ2) is 9.26. The van der Waals surface area contributed by atoms with Gasteiger partial charge in [0.1, 0.15) is 17.2 Å². The third kappa shape index (κ3) is 4.41. The van der Waals surface area contributed by atoms with E-state index in [1.54, 1.807) is 18.2 Å². The topological polar surface area (TPSA) is 76.0 Å². The average molecular weight is 428 g/mol. The number of rotatable bonds is 6. The van der Waals surface area contributed by atoms with Crippen LogP contribution in [0.3, 0.4) is 0 Å². The highest BCUT2D eigenvalue weighted by molar-refractivity contribution is 6.08. The van der Waals surface area contributed by atoms with Gasteiger partial charge in [-0.05, 0) is 36.8 Å². The van der Waals surface area contributed by atoms with Crippen LogP contribution in [0.2, 0.25) is 0 Å². The van der Waals surface area contributed by atoms with Gasteiger partial charge in [-0.2, -0.15) is 5.10 Å². The zero-order valence-electron chi connectivity index (χ0n) is 17.3. The minimum absolute atomic E-state index is 0.127. The number of carbonyl (C=O) groups excluding carboxylic acids is 2. The van der Waals surface area contributed by atoms with Crippen LogP contribution in [-0.4, -0.2) is 21.6 Å². The van der Waals surface area contributed by atoms with E-state index in [4.69, 9.17) is 0 Å². The molecule has 0 aliphatic heterocycles. The quantitative estimate of drug-likeness (QED) is 0.465. The molecule has 0 bridgehead atoms. The minimum atomic E-state index is -0.675. The third-order valence-corrected chi connectivity index (χ3v) is 5.01. The first-order valence-electron chi connectivity index (χ1n) is 10.1. The van der Waals surface area contributed by atoms with Gasteiger partial charge in [0.05, 0.1) is 23.5 Å². The maximum absolute atomic E-state index is 14.1. The van der Waals surface area contributed by atoms with Gasteiger partial charge in [-0.15, -0.1) is 0 Å². The summed E-state index contributed by atoms with van der Waals surface area (Å²) in [4.78, 5) is 25.9. The van der Waals surface area contributed by atoms with Crippen LogP contribution < -0.4 is 10.6 Å². The summed E-state index contributed by atoms with van der Waals surface area (Å²) in [5.41, 5.74) is 1.62. The van der Waals surface area contributed by atoms with Crippen molar-refractivity contribution < 1.29 is 14.0 Å². The summed E-state index contributed by atoms with van der Waals surface area (Å²) in [6.07, 6.45) is 1.39. The van der Waals surface area contributed by atoms with E-state index < -0.39 is 17.6 Å². The fourth-order valence-corrected chi connectivity index (χ4v) is 3.32. The molecule has 0 fully saturated rings. The van der Waals surface area contributed by atoms with Crippen LogP contribution in [0.15, 0.2) is 91.1 Å². The van der Waals surface area contributed by atoms with Crippen LogP contribution in [0.1, 0.15) is 39.2 Å². The van der Waals surface area contributed by atoms with Crippen molar-refractivity contribution in [2.24, 2.45) is 0 Å². The van der Waals surface area contributed by atoms with Gasteiger partial charge in [0.25, 0.3) is 11.8 Å². The van der Waals surface area contributed by atoms with Crippen LogP contribution in [0.5, 0.6) is 0 Å². The number of anilines is 1. The van der Waals surface area contributed by atoms with Crippen LogP contribution in [0.4, 0.5) is 10.2 Å². The minimum Gasteiger partial charge on any atom is -0.345 e. The van der Waals surface area contributed by atoms with Gasteiger partial charge in [-0.1, -0.05) is 60.7 Å². The fraction of sp³-hybridized carbons (Fsp3) is 0.0800. The van der Waals surface area contributed by atoms with Gasteiger partial charge in [-0.25, -0.2) is 9.07 Å². The van der Waals surface area contributed by atoms with Crippen molar-refractivity contribution in [3.8, 4) is 5.69 Å². The van der Waals surface area contributed by atoms with Crippen LogP contribution >= 0.6 is 0 Å². The summed E-state index contributed by atoms with van der Waals surface area (Å²) in [5, 5.41) is 9.90. The van der Waals surface area contributed by atoms with E-state index in [0.717, 1.165) is 5.56 Å². The molecule has 4 aromatic rings. The monoisotopic (exact) mass is 428 g/mol. The van der Waals surface area contributed by atoms with Crippen LogP contribution in [-0.2, 0) is 0 Å². The number of hydrogen-bond acceptors (Lipinski definition) is 3. The zero-order chi connectivity index (χ0) is 22.5. The number of nitrogens with one attached hydrogen (secondary N) is 2. The molecular formula is C25H21FN4O2. The highest BCUT2D eigenvalue weighted by Gasteiger charge is 2.23. The lowest BCUT2D eigenvalue weighted by atomic mass is 10.1. The Kier molecular flexibility index (Phi) is 6.07. The van der Waals surface area contributed by atoms with Crippen LogP contribution in [0, 0.1) is 5.82 Å². The van der Waals surface area contributed by atoms with Crippen molar-refractivity contribution in [2.75, 3.05) is 5.32 Å². The summed E-state index contributed by atoms with van der Waals surface area (Å²) in [6, 6.07) is 24.0. The maximum atomic E-state index is 14.1. The Morgan fingerprint density at radius 3 is 2.16 bits per heavy atom. The standard InChI is InChI=1S/C25H21FN4O2/c1-17(18-10-4-2-5-11-18)28-25(32)21-16-27-30(19-12-6-3-7-13-19)23(21)29-24(31)20-14-8-9-15-22(20)26/h2-17H,1H3,(H,28,32)(H,29,31). The molecule has 1 unspecified atom stereocenters. The van der Waals surface area contributed by atoms with Gasteiger partial charge in [0.2, 0.25) is 0 Å². The normalized spacial score (nSPS) is 11.6. The van der Waals surface area contributed by atoms with Gasteiger partial charge in [0, 0.05) is 0 Å². The van der Waals surface area contributed by atoms with Crippen molar-refractivity contribution in [2.45, 2.75) is 13.0 Å². The molecule has 1 atom stereocenters. The first-order valence-corrected chi connectivity index (χ1v) is 10.1. The van der Waals surface area contributed by atoms with Crippen molar-refractivity contribution in [3.63, 3.8) is 0 Å². The van der Waals surface area contributed by atoms with Gasteiger partial charge < -0.3 is 10.6 Å². The summed E-state index contributed by atoms with van der Waals surface area (Å²) < 4.78 is 15.6. The molecule has 160 valence electrons. The average Bonchev–Trinajstić information content (AvgIpc) is 3.24. The van der Waals surface area contributed by atoms with Crippen molar-refractivity contribution >= 4 is 17.6 Å². The summed E-state index contributed by atoms with van der Waals surface area (Å²) in [6.45, 7) is 1.87. The Bertz CT molecular complexity index is 1240. The molecule has 0 saturated carbocycles. The Morgan fingerprint density at radius 1 is 0.844 bits per heavy atom. The van der Waals surface area contributed by atoms with E-state index in [9.17, 15) is 14.0 Å².